The SMILES string of the molecule is CNC1CCC(C)(C)CC1.Cl. The lowest BCUT2D eigenvalue weighted by atomic mass is 9.76. The van der Waals surface area contributed by atoms with E-state index in [1.165, 1.54) is 25.7 Å². The van der Waals surface area contributed by atoms with Crippen molar-refractivity contribution in [3.8, 4) is 0 Å². The van der Waals surface area contributed by atoms with Gasteiger partial charge in [-0.15, -0.1) is 12.4 Å². The van der Waals surface area contributed by atoms with Gasteiger partial charge in [-0.25, -0.2) is 0 Å². The van der Waals surface area contributed by atoms with E-state index in [4.69, 9.17) is 0 Å². The smallest absolute Gasteiger partial charge is 0.00644 e. The summed E-state index contributed by atoms with van der Waals surface area (Å²) in [5.41, 5.74) is 0.618. The highest BCUT2D eigenvalue weighted by molar-refractivity contribution is 5.85. The maximum Gasteiger partial charge on any atom is 0.00644 e. The molecule has 11 heavy (non-hydrogen) atoms. The van der Waals surface area contributed by atoms with E-state index in [0.29, 0.717) is 5.41 Å². The van der Waals surface area contributed by atoms with E-state index in [9.17, 15) is 0 Å². The minimum Gasteiger partial charge on any atom is -0.317 e. The van der Waals surface area contributed by atoms with Gasteiger partial charge in [0.1, 0.15) is 0 Å². The van der Waals surface area contributed by atoms with Gasteiger partial charge in [-0.3, -0.25) is 0 Å². The van der Waals surface area contributed by atoms with Gasteiger partial charge < -0.3 is 5.32 Å². The van der Waals surface area contributed by atoms with Crippen LogP contribution in [0, 0.1) is 5.41 Å². The Labute approximate surface area is 76.4 Å². The lowest BCUT2D eigenvalue weighted by Crippen LogP contribution is -2.33. The average Bonchev–Trinajstić information content (AvgIpc) is 1.88. The second-order valence-corrected chi connectivity index (χ2v) is 4.23. The first-order valence-corrected chi connectivity index (χ1v) is 4.31. The summed E-state index contributed by atoms with van der Waals surface area (Å²) in [6.07, 6.45) is 5.50. The van der Waals surface area contributed by atoms with Crippen LogP contribution in [0.3, 0.4) is 0 Å². The molecule has 1 N–H and O–H groups in total. The lowest BCUT2D eigenvalue weighted by molar-refractivity contribution is 0.211. The van der Waals surface area contributed by atoms with E-state index in [1.807, 2.05) is 0 Å². The van der Waals surface area contributed by atoms with Gasteiger partial charge in [0.05, 0.1) is 0 Å². The van der Waals surface area contributed by atoms with Crippen molar-refractivity contribution in [3.63, 3.8) is 0 Å². The minimum absolute atomic E-state index is 0. The van der Waals surface area contributed by atoms with E-state index in [-0.39, 0.29) is 12.4 Å². The van der Waals surface area contributed by atoms with Crippen LogP contribution >= 0.6 is 12.4 Å². The normalized spacial score (nSPS) is 24.3. The molecule has 0 atom stereocenters. The van der Waals surface area contributed by atoms with Crippen molar-refractivity contribution in [2.45, 2.75) is 45.6 Å². The van der Waals surface area contributed by atoms with Crippen LogP contribution in [-0.2, 0) is 0 Å². The predicted molar refractivity (Wildman–Crippen MR) is 52.3 cm³/mol. The summed E-state index contributed by atoms with van der Waals surface area (Å²) in [5, 5.41) is 3.34. The van der Waals surface area contributed by atoms with Crippen molar-refractivity contribution in [2.24, 2.45) is 5.41 Å². The molecular weight excluding hydrogens is 158 g/mol. The molecule has 0 aromatic carbocycles. The zero-order valence-corrected chi connectivity index (χ0v) is 8.63. The van der Waals surface area contributed by atoms with Crippen molar-refractivity contribution in [1.82, 2.24) is 5.32 Å². The third kappa shape index (κ3) is 3.44. The number of hydrogen-bond acceptors (Lipinski definition) is 1. The molecule has 0 bridgehead atoms. The average molecular weight is 178 g/mol. The van der Waals surface area contributed by atoms with Crippen molar-refractivity contribution in [3.05, 3.63) is 0 Å². The van der Waals surface area contributed by atoms with E-state index >= 15 is 0 Å². The second-order valence-electron chi connectivity index (χ2n) is 4.23. The first-order valence-electron chi connectivity index (χ1n) is 4.31. The summed E-state index contributed by atoms with van der Waals surface area (Å²) in [4.78, 5) is 0. The summed E-state index contributed by atoms with van der Waals surface area (Å²) < 4.78 is 0. The molecule has 1 rings (SSSR count). The molecule has 0 aromatic rings. The Morgan fingerprint density at radius 1 is 1.18 bits per heavy atom. The second kappa shape index (κ2) is 4.32. The molecule has 2 heteroatoms. The van der Waals surface area contributed by atoms with Crippen molar-refractivity contribution in [1.29, 1.82) is 0 Å². The Hall–Kier alpha value is 0.250. The summed E-state index contributed by atoms with van der Waals surface area (Å²) in [6.45, 7) is 4.75. The quantitative estimate of drug-likeness (QED) is 0.650. The fraction of sp³-hybridized carbons (Fsp3) is 1.00. The van der Waals surface area contributed by atoms with Gasteiger partial charge in [0.25, 0.3) is 0 Å². The van der Waals surface area contributed by atoms with Gasteiger partial charge in [-0.05, 0) is 38.1 Å². The van der Waals surface area contributed by atoms with Crippen molar-refractivity contribution in [2.75, 3.05) is 7.05 Å². The predicted octanol–water partition coefficient (Wildman–Crippen LogP) is 2.60. The van der Waals surface area contributed by atoms with Crippen LogP contribution in [0.25, 0.3) is 0 Å². The standard InChI is InChI=1S/C9H19N.ClH/c1-9(2)6-4-8(10-3)5-7-9;/h8,10H,4-7H2,1-3H3;1H. The van der Waals surface area contributed by atoms with Crippen molar-refractivity contribution >= 4 is 12.4 Å². The van der Waals surface area contributed by atoms with Crippen LogP contribution in [-0.4, -0.2) is 13.1 Å². The minimum atomic E-state index is 0. The van der Waals surface area contributed by atoms with Gasteiger partial charge in [-0.2, -0.15) is 0 Å². The monoisotopic (exact) mass is 177 g/mol. The molecule has 1 fully saturated rings. The molecule has 0 radical (unpaired) electrons. The van der Waals surface area contributed by atoms with Crippen LogP contribution in [0.15, 0.2) is 0 Å². The third-order valence-corrected chi connectivity index (χ3v) is 2.75. The highest BCUT2D eigenvalue weighted by Gasteiger charge is 2.25. The molecule has 0 spiro atoms. The van der Waals surface area contributed by atoms with Crippen LogP contribution < -0.4 is 5.32 Å². The number of nitrogens with one attached hydrogen (secondary N) is 1. The Bertz CT molecular complexity index is 102. The maximum atomic E-state index is 3.34. The molecule has 68 valence electrons. The topological polar surface area (TPSA) is 12.0 Å². The molecule has 1 nitrogen and oxygen atoms in total. The van der Waals surface area contributed by atoms with Gasteiger partial charge >= 0.3 is 0 Å². The molecule has 1 aliphatic carbocycles. The van der Waals surface area contributed by atoms with Gasteiger partial charge in [0, 0.05) is 6.04 Å². The van der Waals surface area contributed by atoms with E-state index in [1.54, 1.807) is 0 Å². The number of halogens is 1. The Kier molecular flexibility index (Phi) is 4.42. The van der Waals surface area contributed by atoms with Crippen LogP contribution in [0.5, 0.6) is 0 Å². The first-order chi connectivity index (χ1) is 4.64. The van der Waals surface area contributed by atoms with E-state index < -0.39 is 0 Å². The highest BCUT2D eigenvalue weighted by atomic mass is 35.5. The molecular formula is C9H20ClN. The fourth-order valence-corrected chi connectivity index (χ4v) is 1.69. The lowest BCUT2D eigenvalue weighted by Gasteiger charge is -2.33. The van der Waals surface area contributed by atoms with Gasteiger partial charge in [-0.1, -0.05) is 13.8 Å². The largest absolute Gasteiger partial charge is 0.317 e. The van der Waals surface area contributed by atoms with E-state index in [0.717, 1.165) is 6.04 Å². The first kappa shape index (κ1) is 11.2. The Balaban J connectivity index is 0.000001000. The molecule has 0 amide bonds. The number of rotatable bonds is 1. The molecule has 0 unspecified atom stereocenters. The van der Waals surface area contributed by atoms with Crippen LogP contribution in [0.1, 0.15) is 39.5 Å². The number of hydrogen-bond donors (Lipinski definition) is 1. The maximum absolute atomic E-state index is 3.34. The van der Waals surface area contributed by atoms with Gasteiger partial charge in [0.2, 0.25) is 0 Å². The van der Waals surface area contributed by atoms with E-state index in [2.05, 4.69) is 26.2 Å². The molecule has 1 saturated carbocycles. The summed E-state index contributed by atoms with van der Waals surface area (Å²) in [7, 11) is 2.07. The Morgan fingerprint density at radius 2 is 1.64 bits per heavy atom. The summed E-state index contributed by atoms with van der Waals surface area (Å²) in [6, 6.07) is 0.799. The Morgan fingerprint density at radius 3 is 2.00 bits per heavy atom. The highest BCUT2D eigenvalue weighted by Crippen LogP contribution is 2.34. The zero-order chi connectivity index (χ0) is 7.61. The van der Waals surface area contributed by atoms with Crippen LogP contribution in [0.2, 0.25) is 0 Å². The van der Waals surface area contributed by atoms with Crippen LogP contribution in [0.4, 0.5) is 0 Å². The summed E-state index contributed by atoms with van der Waals surface area (Å²) in [5.74, 6) is 0. The van der Waals surface area contributed by atoms with Crippen molar-refractivity contribution < 1.29 is 0 Å². The molecule has 0 heterocycles. The molecule has 0 saturated heterocycles. The van der Waals surface area contributed by atoms with Gasteiger partial charge in [0.15, 0.2) is 0 Å². The summed E-state index contributed by atoms with van der Waals surface area (Å²) >= 11 is 0. The molecule has 0 aliphatic heterocycles. The molecule has 0 aromatic heterocycles. The zero-order valence-electron chi connectivity index (χ0n) is 7.81. The third-order valence-electron chi connectivity index (χ3n) is 2.75. The fourth-order valence-electron chi connectivity index (χ4n) is 1.69. The molecule has 1 aliphatic rings.